The van der Waals surface area contributed by atoms with Crippen molar-refractivity contribution in [2.24, 2.45) is 0 Å². The Morgan fingerprint density at radius 1 is 0.963 bits per heavy atom. The van der Waals surface area contributed by atoms with Crippen LogP contribution in [0.2, 0.25) is 0 Å². The Morgan fingerprint density at radius 3 is 2.63 bits per heavy atom. The van der Waals surface area contributed by atoms with Crippen molar-refractivity contribution in [1.82, 2.24) is 20.0 Å². The minimum atomic E-state index is 0.205. The van der Waals surface area contributed by atoms with Crippen LogP contribution in [0.4, 0.5) is 0 Å². The first-order valence-electron chi connectivity index (χ1n) is 8.48. The molecule has 0 fully saturated rings. The molecule has 4 rings (SSSR count). The summed E-state index contributed by atoms with van der Waals surface area (Å²) in [6.07, 6.45) is 1.80. The lowest BCUT2D eigenvalue weighted by atomic mass is 10.1. The first kappa shape index (κ1) is 17.0. The fraction of sp³-hybridized carbons (Fsp3) is 0.150. The number of nitrogens with zero attached hydrogens (tertiary/aromatic N) is 4. The molecular weight excluding hydrogens is 344 g/mol. The molecule has 0 bridgehead atoms. The number of pyridine rings is 1. The monoisotopic (exact) mass is 362 g/mol. The van der Waals surface area contributed by atoms with Gasteiger partial charge in [0.1, 0.15) is 29.3 Å². The Kier molecular flexibility index (Phi) is 4.67. The molecule has 0 saturated heterocycles. The minimum Gasteiger partial charge on any atom is -0.508 e. The third kappa shape index (κ3) is 3.58. The Bertz CT molecular complexity index is 1060. The first-order valence-corrected chi connectivity index (χ1v) is 8.48. The van der Waals surface area contributed by atoms with E-state index >= 15 is 0 Å². The zero-order valence-electron chi connectivity index (χ0n) is 14.7. The molecule has 0 aliphatic rings. The topological polar surface area (TPSA) is 82.3 Å². The number of para-hydroxylation sites is 1. The van der Waals surface area contributed by atoms with Crippen LogP contribution in [0.1, 0.15) is 0 Å². The SMILES string of the molecule is COCCOc1cccc2ccc(-c3cn(-c4ccc(O)cc4)nn3)nc12. The van der Waals surface area contributed by atoms with Gasteiger partial charge in [-0.15, -0.1) is 5.10 Å². The summed E-state index contributed by atoms with van der Waals surface area (Å²) < 4.78 is 12.5. The Labute approximate surface area is 155 Å². The summed E-state index contributed by atoms with van der Waals surface area (Å²) >= 11 is 0. The second kappa shape index (κ2) is 7.43. The number of rotatable bonds is 6. The third-order valence-corrected chi connectivity index (χ3v) is 4.10. The van der Waals surface area contributed by atoms with E-state index in [2.05, 4.69) is 10.3 Å². The van der Waals surface area contributed by atoms with E-state index in [1.54, 1.807) is 42.3 Å². The maximum atomic E-state index is 9.42. The number of fused-ring (bicyclic) bond motifs is 1. The summed E-state index contributed by atoms with van der Waals surface area (Å²) in [6.45, 7) is 0.968. The summed E-state index contributed by atoms with van der Waals surface area (Å²) in [5, 5.41) is 18.8. The second-order valence-corrected chi connectivity index (χ2v) is 5.93. The fourth-order valence-corrected chi connectivity index (χ4v) is 2.73. The molecule has 7 heteroatoms. The molecule has 0 atom stereocenters. The highest BCUT2D eigenvalue weighted by atomic mass is 16.5. The van der Waals surface area contributed by atoms with Gasteiger partial charge in [-0.25, -0.2) is 9.67 Å². The van der Waals surface area contributed by atoms with Crippen LogP contribution in [0.15, 0.2) is 60.8 Å². The molecule has 27 heavy (non-hydrogen) atoms. The van der Waals surface area contributed by atoms with Crippen molar-refractivity contribution in [3.05, 3.63) is 60.8 Å². The maximum absolute atomic E-state index is 9.42. The predicted octanol–water partition coefficient (Wildman–Crippen LogP) is 3.21. The molecule has 0 aliphatic heterocycles. The van der Waals surface area contributed by atoms with Crippen LogP contribution < -0.4 is 4.74 Å². The van der Waals surface area contributed by atoms with Gasteiger partial charge in [0, 0.05) is 12.5 Å². The molecule has 0 unspecified atom stereocenters. The van der Waals surface area contributed by atoms with Crippen LogP contribution in [-0.4, -0.2) is 45.4 Å². The first-order chi connectivity index (χ1) is 13.2. The zero-order chi connectivity index (χ0) is 18.6. The van der Waals surface area contributed by atoms with Crippen molar-refractivity contribution in [2.45, 2.75) is 0 Å². The molecule has 2 aromatic carbocycles. The number of benzene rings is 2. The van der Waals surface area contributed by atoms with E-state index in [9.17, 15) is 5.11 Å². The number of ether oxygens (including phenoxy) is 2. The Balaban J connectivity index is 1.67. The van der Waals surface area contributed by atoms with Crippen LogP contribution in [0.3, 0.4) is 0 Å². The molecule has 1 N–H and O–H groups in total. The number of aromatic nitrogens is 4. The number of phenolic OH excluding ortho intramolecular Hbond substituents is 1. The number of aromatic hydroxyl groups is 1. The van der Waals surface area contributed by atoms with Gasteiger partial charge in [0.05, 0.1) is 24.2 Å². The standard InChI is InChI=1S/C20H18N4O3/c1-26-11-12-27-19-4-2-3-14-5-10-17(21-20(14)19)18-13-24(23-22-18)15-6-8-16(25)9-7-15/h2-10,13,25H,11-12H2,1H3. The van der Waals surface area contributed by atoms with Gasteiger partial charge in [-0.05, 0) is 36.4 Å². The van der Waals surface area contributed by atoms with Crippen molar-refractivity contribution in [2.75, 3.05) is 20.3 Å². The van der Waals surface area contributed by atoms with Gasteiger partial charge in [-0.1, -0.05) is 23.4 Å². The summed E-state index contributed by atoms with van der Waals surface area (Å²) in [5.41, 5.74) is 2.92. The lowest BCUT2D eigenvalue weighted by molar-refractivity contribution is 0.147. The normalized spacial score (nSPS) is 11.0. The summed E-state index contributed by atoms with van der Waals surface area (Å²) in [6, 6.07) is 16.5. The number of methoxy groups -OCH3 is 1. The van der Waals surface area contributed by atoms with Gasteiger partial charge in [0.2, 0.25) is 0 Å². The van der Waals surface area contributed by atoms with Crippen LogP contribution in [0.5, 0.6) is 11.5 Å². The van der Waals surface area contributed by atoms with Crippen LogP contribution >= 0.6 is 0 Å². The molecule has 0 radical (unpaired) electrons. The Morgan fingerprint density at radius 2 is 1.81 bits per heavy atom. The van der Waals surface area contributed by atoms with Crippen molar-refractivity contribution in [1.29, 1.82) is 0 Å². The molecule has 2 heterocycles. The average molecular weight is 362 g/mol. The highest BCUT2D eigenvalue weighted by molar-refractivity contribution is 5.86. The molecule has 0 aliphatic carbocycles. The van der Waals surface area contributed by atoms with E-state index in [0.29, 0.717) is 30.4 Å². The molecular formula is C20H18N4O3. The fourth-order valence-electron chi connectivity index (χ4n) is 2.73. The van der Waals surface area contributed by atoms with E-state index in [0.717, 1.165) is 16.6 Å². The highest BCUT2D eigenvalue weighted by Gasteiger charge is 2.10. The molecule has 136 valence electrons. The number of hydrogen-bond donors (Lipinski definition) is 1. The van der Waals surface area contributed by atoms with E-state index in [1.165, 1.54) is 0 Å². The van der Waals surface area contributed by atoms with Crippen molar-refractivity contribution < 1.29 is 14.6 Å². The molecule has 7 nitrogen and oxygen atoms in total. The molecule has 2 aromatic heterocycles. The summed E-state index contributed by atoms with van der Waals surface area (Å²) in [4.78, 5) is 4.72. The lowest BCUT2D eigenvalue weighted by Crippen LogP contribution is -2.04. The number of phenols is 1. The van der Waals surface area contributed by atoms with Crippen LogP contribution in [0.25, 0.3) is 28.0 Å². The van der Waals surface area contributed by atoms with Gasteiger partial charge < -0.3 is 14.6 Å². The maximum Gasteiger partial charge on any atom is 0.145 e. The average Bonchev–Trinajstić information content (AvgIpc) is 3.19. The van der Waals surface area contributed by atoms with E-state index < -0.39 is 0 Å². The second-order valence-electron chi connectivity index (χ2n) is 5.93. The molecule has 0 saturated carbocycles. The third-order valence-electron chi connectivity index (χ3n) is 4.10. The predicted molar refractivity (Wildman–Crippen MR) is 101 cm³/mol. The van der Waals surface area contributed by atoms with E-state index in [4.69, 9.17) is 14.5 Å². The zero-order valence-corrected chi connectivity index (χ0v) is 14.7. The van der Waals surface area contributed by atoms with Crippen LogP contribution in [-0.2, 0) is 4.74 Å². The van der Waals surface area contributed by atoms with Crippen molar-refractivity contribution >= 4 is 10.9 Å². The molecule has 4 aromatic rings. The van der Waals surface area contributed by atoms with E-state index in [-0.39, 0.29) is 5.75 Å². The van der Waals surface area contributed by atoms with Gasteiger partial charge in [-0.3, -0.25) is 0 Å². The van der Waals surface area contributed by atoms with Crippen molar-refractivity contribution in [3.63, 3.8) is 0 Å². The van der Waals surface area contributed by atoms with E-state index in [1.807, 2.05) is 30.3 Å². The largest absolute Gasteiger partial charge is 0.508 e. The number of hydrogen-bond acceptors (Lipinski definition) is 6. The molecule has 0 amide bonds. The van der Waals surface area contributed by atoms with Crippen LogP contribution in [0, 0.1) is 0 Å². The van der Waals surface area contributed by atoms with Gasteiger partial charge in [0.15, 0.2) is 0 Å². The van der Waals surface area contributed by atoms with Crippen molar-refractivity contribution in [3.8, 4) is 28.6 Å². The smallest absolute Gasteiger partial charge is 0.145 e. The summed E-state index contributed by atoms with van der Waals surface area (Å²) in [5.74, 6) is 0.911. The lowest BCUT2D eigenvalue weighted by Gasteiger charge is -2.09. The van der Waals surface area contributed by atoms with Gasteiger partial charge in [-0.2, -0.15) is 0 Å². The minimum absolute atomic E-state index is 0.205. The van der Waals surface area contributed by atoms with Gasteiger partial charge >= 0.3 is 0 Å². The quantitative estimate of drug-likeness (QED) is 0.530. The Hall–Kier alpha value is -3.45. The highest BCUT2D eigenvalue weighted by Crippen LogP contribution is 2.27. The van der Waals surface area contributed by atoms with Gasteiger partial charge in [0.25, 0.3) is 0 Å². The molecule has 0 spiro atoms. The summed E-state index contributed by atoms with van der Waals surface area (Å²) in [7, 11) is 1.64.